The standard InChI is InChI=1S/C12H17BrFNO/c1-8(2)15-7-11(16)5-9-3-4-10(13)6-12(9)14/h3-4,6,8,11,15-16H,5,7H2,1-2H3. The summed E-state index contributed by atoms with van der Waals surface area (Å²) in [6, 6.07) is 5.21. The van der Waals surface area contributed by atoms with Gasteiger partial charge in [-0.05, 0) is 17.7 Å². The number of nitrogens with one attached hydrogen (secondary N) is 1. The van der Waals surface area contributed by atoms with Crippen LogP contribution in [0.15, 0.2) is 22.7 Å². The highest BCUT2D eigenvalue weighted by Crippen LogP contribution is 2.16. The number of benzene rings is 1. The Balaban J connectivity index is 2.52. The van der Waals surface area contributed by atoms with E-state index in [1.165, 1.54) is 6.07 Å². The van der Waals surface area contributed by atoms with Gasteiger partial charge in [-0.15, -0.1) is 0 Å². The van der Waals surface area contributed by atoms with Gasteiger partial charge in [0.25, 0.3) is 0 Å². The van der Waals surface area contributed by atoms with Gasteiger partial charge in [0.1, 0.15) is 5.82 Å². The Morgan fingerprint density at radius 1 is 1.44 bits per heavy atom. The Morgan fingerprint density at radius 3 is 2.69 bits per heavy atom. The van der Waals surface area contributed by atoms with Gasteiger partial charge >= 0.3 is 0 Å². The molecule has 0 aliphatic rings. The molecule has 90 valence electrons. The lowest BCUT2D eigenvalue weighted by Crippen LogP contribution is -2.33. The molecular weight excluding hydrogens is 273 g/mol. The number of hydrogen-bond acceptors (Lipinski definition) is 2. The van der Waals surface area contributed by atoms with E-state index in [9.17, 15) is 9.50 Å². The third-order valence-electron chi connectivity index (χ3n) is 2.23. The topological polar surface area (TPSA) is 32.3 Å². The second kappa shape index (κ2) is 6.33. The van der Waals surface area contributed by atoms with Crippen LogP contribution in [0.4, 0.5) is 4.39 Å². The van der Waals surface area contributed by atoms with Crippen LogP contribution in [0.5, 0.6) is 0 Å². The van der Waals surface area contributed by atoms with Gasteiger partial charge < -0.3 is 10.4 Å². The number of hydrogen-bond donors (Lipinski definition) is 2. The van der Waals surface area contributed by atoms with Gasteiger partial charge in [0.05, 0.1) is 6.10 Å². The van der Waals surface area contributed by atoms with E-state index in [2.05, 4.69) is 21.2 Å². The molecule has 1 rings (SSSR count). The van der Waals surface area contributed by atoms with Crippen molar-refractivity contribution in [3.63, 3.8) is 0 Å². The van der Waals surface area contributed by atoms with Crippen LogP contribution in [-0.4, -0.2) is 23.8 Å². The second-order valence-electron chi connectivity index (χ2n) is 4.16. The van der Waals surface area contributed by atoms with Gasteiger partial charge in [-0.1, -0.05) is 35.8 Å². The Hall–Kier alpha value is -0.450. The molecule has 0 radical (unpaired) electrons. The molecule has 2 N–H and O–H groups in total. The van der Waals surface area contributed by atoms with E-state index < -0.39 is 6.10 Å². The Bertz CT molecular complexity index is 344. The summed E-state index contributed by atoms with van der Waals surface area (Å²) in [6.07, 6.45) is -0.225. The van der Waals surface area contributed by atoms with Crippen LogP contribution >= 0.6 is 15.9 Å². The summed E-state index contributed by atoms with van der Waals surface area (Å²) in [4.78, 5) is 0. The van der Waals surface area contributed by atoms with Gasteiger partial charge in [0.2, 0.25) is 0 Å². The highest BCUT2D eigenvalue weighted by molar-refractivity contribution is 9.10. The number of aliphatic hydroxyl groups is 1. The molecule has 0 heterocycles. The number of aliphatic hydroxyl groups excluding tert-OH is 1. The summed E-state index contributed by atoms with van der Waals surface area (Å²) in [5, 5.41) is 12.8. The molecule has 1 aromatic carbocycles. The molecule has 0 saturated heterocycles. The van der Waals surface area contributed by atoms with Gasteiger partial charge in [-0.3, -0.25) is 0 Å². The van der Waals surface area contributed by atoms with E-state index in [1.807, 2.05) is 13.8 Å². The molecular formula is C12H17BrFNO. The van der Waals surface area contributed by atoms with Crippen molar-refractivity contribution in [3.8, 4) is 0 Å². The third kappa shape index (κ3) is 4.60. The molecule has 0 aromatic heterocycles. The first-order valence-corrected chi connectivity index (χ1v) is 6.13. The quantitative estimate of drug-likeness (QED) is 0.873. The molecule has 0 fully saturated rings. The van der Waals surface area contributed by atoms with Crippen LogP contribution in [0.2, 0.25) is 0 Å². The maximum atomic E-state index is 13.4. The molecule has 1 aromatic rings. The van der Waals surface area contributed by atoms with E-state index in [0.29, 0.717) is 29.0 Å². The SMILES string of the molecule is CC(C)NCC(O)Cc1ccc(Br)cc1F. The predicted octanol–water partition coefficient (Wildman–Crippen LogP) is 2.49. The summed E-state index contributed by atoms with van der Waals surface area (Å²) in [5.74, 6) is -0.280. The molecule has 0 aliphatic carbocycles. The Labute approximate surface area is 104 Å². The van der Waals surface area contributed by atoms with Crippen LogP contribution in [0.25, 0.3) is 0 Å². The Kier molecular flexibility index (Phi) is 5.38. The van der Waals surface area contributed by atoms with Crippen molar-refractivity contribution < 1.29 is 9.50 Å². The zero-order valence-electron chi connectivity index (χ0n) is 9.50. The fraction of sp³-hybridized carbons (Fsp3) is 0.500. The van der Waals surface area contributed by atoms with E-state index in [4.69, 9.17) is 0 Å². The van der Waals surface area contributed by atoms with Crippen molar-refractivity contribution in [2.45, 2.75) is 32.4 Å². The maximum absolute atomic E-state index is 13.4. The van der Waals surface area contributed by atoms with E-state index in [1.54, 1.807) is 12.1 Å². The zero-order valence-corrected chi connectivity index (χ0v) is 11.1. The smallest absolute Gasteiger partial charge is 0.127 e. The molecule has 2 nitrogen and oxygen atoms in total. The first-order chi connectivity index (χ1) is 7.49. The molecule has 0 saturated carbocycles. The predicted molar refractivity (Wildman–Crippen MR) is 66.9 cm³/mol. The summed E-state index contributed by atoms with van der Waals surface area (Å²) < 4.78 is 14.2. The molecule has 1 unspecified atom stereocenters. The summed E-state index contributed by atoms with van der Waals surface area (Å²) in [6.45, 7) is 4.49. The van der Waals surface area contributed by atoms with Gasteiger partial charge in [0.15, 0.2) is 0 Å². The maximum Gasteiger partial charge on any atom is 0.127 e. The Morgan fingerprint density at radius 2 is 2.12 bits per heavy atom. The van der Waals surface area contributed by atoms with E-state index >= 15 is 0 Å². The van der Waals surface area contributed by atoms with Crippen LogP contribution in [0.3, 0.4) is 0 Å². The number of halogens is 2. The molecule has 1 atom stereocenters. The molecule has 0 amide bonds. The second-order valence-corrected chi connectivity index (χ2v) is 5.07. The lowest BCUT2D eigenvalue weighted by atomic mass is 10.1. The summed E-state index contributed by atoms with van der Waals surface area (Å²) in [7, 11) is 0. The fourth-order valence-electron chi connectivity index (χ4n) is 1.38. The third-order valence-corrected chi connectivity index (χ3v) is 2.73. The molecule has 0 spiro atoms. The molecule has 0 bridgehead atoms. The lowest BCUT2D eigenvalue weighted by Gasteiger charge is -2.14. The van der Waals surface area contributed by atoms with Crippen molar-refractivity contribution >= 4 is 15.9 Å². The molecule has 4 heteroatoms. The summed E-state index contributed by atoms with van der Waals surface area (Å²) in [5.41, 5.74) is 0.543. The van der Waals surface area contributed by atoms with Crippen molar-refractivity contribution in [3.05, 3.63) is 34.1 Å². The fourth-order valence-corrected chi connectivity index (χ4v) is 1.72. The minimum atomic E-state index is -0.557. The van der Waals surface area contributed by atoms with E-state index in [0.717, 1.165) is 0 Å². The van der Waals surface area contributed by atoms with Crippen LogP contribution in [0.1, 0.15) is 19.4 Å². The van der Waals surface area contributed by atoms with Crippen LogP contribution in [-0.2, 0) is 6.42 Å². The van der Waals surface area contributed by atoms with Crippen molar-refractivity contribution in [2.24, 2.45) is 0 Å². The van der Waals surface area contributed by atoms with Crippen LogP contribution in [0, 0.1) is 5.82 Å². The van der Waals surface area contributed by atoms with Crippen molar-refractivity contribution in [2.75, 3.05) is 6.54 Å². The normalized spacial score (nSPS) is 13.1. The van der Waals surface area contributed by atoms with Gasteiger partial charge in [-0.25, -0.2) is 4.39 Å². The summed E-state index contributed by atoms with van der Waals surface area (Å²) >= 11 is 3.20. The minimum Gasteiger partial charge on any atom is -0.391 e. The highest BCUT2D eigenvalue weighted by atomic mass is 79.9. The first kappa shape index (κ1) is 13.6. The minimum absolute atomic E-state index is 0.280. The monoisotopic (exact) mass is 289 g/mol. The average Bonchev–Trinajstić information content (AvgIpc) is 2.19. The van der Waals surface area contributed by atoms with E-state index in [-0.39, 0.29) is 5.82 Å². The van der Waals surface area contributed by atoms with Crippen LogP contribution < -0.4 is 5.32 Å². The van der Waals surface area contributed by atoms with Crippen molar-refractivity contribution in [1.29, 1.82) is 0 Å². The van der Waals surface area contributed by atoms with Gasteiger partial charge in [-0.2, -0.15) is 0 Å². The average molecular weight is 290 g/mol. The zero-order chi connectivity index (χ0) is 12.1. The largest absolute Gasteiger partial charge is 0.391 e. The highest BCUT2D eigenvalue weighted by Gasteiger charge is 2.10. The van der Waals surface area contributed by atoms with Gasteiger partial charge in [0, 0.05) is 23.5 Å². The molecule has 0 aliphatic heterocycles. The first-order valence-electron chi connectivity index (χ1n) is 5.34. The van der Waals surface area contributed by atoms with Crippen molar-refractivity contribution in [1.82, 2.24) is 5.32 Å². The lowest BCUT2D eigenvalue weighted by molar-refractivity contribution is 0.167. The molecule has 16 heavy (non-hydrogen) atoms. The number of rotatable bonds is 5.